The van der Waals surface area contributed by atoms with E-state index < -0.39 is 0 Å². The molecule has 1 aliphatic carbocycles. The van der Waals surface area contributed by atoms with Crippen LogP contribution < -0.4 is 5.32 Å². The van der Waals surface area contributed by atoms with Crippen molar-refractivity contribution < 1.29 is 9.53 Å². The monoisotopic (exact) mass is 184 g/mol. The minimum absolute atomic E-state index is 0.112. The molecule has 2 rings (SSSR count). The van der Waals surface area contributed by atoms with E-state index in [0.29, 0.717) is 12.6 Å². The van der Waals surface area contributed by atoms with Crippen LogP contribution in [0.5, 0.6) is 0 Å². The summed E-state index contributed by atoms with van der Waals surface area (Å²) < 4.78 is 5.24. The second-order valence-corrected chi connectivity index (χ2v) is 3.76. The fraction of sp³-hybridized carbons (Fsp3) is 0.889. The molecule has 0 bridgehead atoms. The number of nitrogens with zero attached hydrogens (tertiary/aromatic N) is 1. The summed E-state index contributed by atoms with van der Waals surface area (Å²) in [7, 11) is 1.89. The van der Waals surface area contributed by atoms with Gasteiger partial charge in [0.15, 0.2) is 0 Å². The summed E-state index contributed by atoms with van der Waals surface area (Å²) in [6, 6.07) is 0.385. The minimum atomic E-state index is -0.112. The van der Waals surface area contributed by atoms with Crippen LogP contribution in [-0.4, -0.2) is 49.7 Å². The van der Waals surface area contributed by atoms with Crippen molar-refractivity contribution in [3.63, 3.8) is 0 Å². The van der Waals surface area contributed by atoms with E-state index >= 15 is 0 Å². The van der Waals surface area contributed by atoms with Crippen LogP contribution in [0.3, 0.4) is 0 Å². The van der Waals surface area contributed by atoms with Crippen molar-refractivity contribution in [1.29, 1.82) is 0 Å². The Morgan fingerprint density at radius 3 is 2.85 bits per heavy atom. The number of carbonyl (C=O) groups is 1. The number of likely N-dealkylation sites (N-methyl/N-ethyl adjacent to an activating group) is 1. The number of hydrogen-bond donors (Lipinski definition) is 1. The molecular formula is C9H16N2O2. The highest BCUT2D eigenvalue weighted by Crippen LogP contribution is 2.25. The van der Waals surface area contributed by atoms with Crippen molar-refractivity contribution in [3.8, 4) is 0 Å². The second kappa shape index (κ2) is 3.64. The van der Waals surface area contributed by atoms with Crippen LogP contribution in [0.4, 0.5) is 0 Å². The van der Waals surface area contributed by atoms with E-state index in [1.165, 1.54) is 0 Å². The van der Waals surface area contributed by atoms with Gasteiger partial charge in [-0.15, -0.1) is 0 Å². The third-order valence-corrected chi connectivity index (χ3v) is 2.66. The van der Waals surface area contributed by atoms with Gasteiger partial charge in [-0.3, -0.25) is 4.79 Å². The van der Waals surface area contributed by atoms with E-state index in [9.17, 15) is 4.79 Å². The van der Waals surface area contributed by atoms with Crippen LogP contribution in [0.15, 0.2) is 0 Å². The van der Waals surface area contributed by atoms with Crippen molar-refractivity contribution in [2.75, 3.05) is 26.8 Å². The second-order valence-electron chi connectivity index (χ2n) is 3.76. The van der Waals surface area contributed by atoms with Crippen LogP contribution in [0, 0.1) is 0 Å². The molecule has 1 aliphatic heterocycles. The Labute approximate surface area is 78.2 Å². The number of ether oxygens (including phenoxy) is 1. The van der Waals surface area contributed by atoms with Crippen molar-refractivity contribution in [1.82, 2.24) is 10.2 Å². The molecule has 1 N–H and O–H groups in total. The lowest BCUT2D eigenvalue weighted by molar-refractivity contribution is -0.135. The molecule has 1 heterocycles. The van der Waals surface area contributed by atoms with Crippen molar-refractivity contribution in [2.24, 2.45) is 0 Å². The maximum Gasteiger partial charge on any atom is 0.242 e. The van der Waals surface area contributed by atoms with E-state index in [0.717, 1.165) is 26.0 Å². The fourth-order valence-electron chi connectivity index (χ4n) is 1.61. The normalized spacial score (nSPS) is 28.5. The van der Waals surface area contributed by atoms with E-state index in [1.807, 2.05) is 11.9 Å². The molecule has 0 aromatic carbocycles. The quantitative estimate of drug-likeness (QED) is 0.634. The summed E-state index contributed by atoms with van der Waals surface area (Å²) in [5, 5.41) is 3.17. The van der Waals surface area contributed by atoms with Gasteiger partial charge in [-0.1, -0.05) is 0 Å². The number of hydrogen-bond acceptors (Lipinski definition) is 3. The van der Waals surface area contributed by atoms with E-state index in [1.54, 1.807) is 0 Å². The Hall–Kier alpha value is -0.610. The lowest BCUT2D eigenvalue weighted by Crippen LogP contribution is -2.52. The maximum absolute atomic E-state index is 11.8. The first-order valence-electron chi connectivity index (χ1n) is 4.87. The molecule has 0 aromatic rings. The highest BCUT2D eigenvalue weighted by Gasteiger charge is 2.33. The van der Waals surface area contributed by atoms with Crippen LogP contribution in [0.1, 0.15) is 12.8 Å². The van der Waals surface area contributed by atoms with Gasteiger partial charge in [0, 0.05) is 19.6 Å². The average Bonchev–Trinajstić information content (AvgIpc) is 3.00. The standard InChI is InChI=1S/C9H16N2O2/c1-11(7-2-3-7)9(12)8-6-13-5-4-10-8/h7-8,10H,2-6H2,1H3. The Balaban J connectivity index is 1.86. The molecule has 1 saturated heterocycles. The average molecular weight is 184 g/mol. The zero-order valence-corrected chi connectivity index (χ0v) is 7.95. The van der Waals surface area contributed by atoms with Crippen LogP contribution >= 0.6 is 0 Å². The van der Waals surface area contributed by atoms with Gasteiger partial charge in [-0.05, 0) is 12.8 Å². The first-order chi connectivity index (χ1) is 6.29. The molecule has 13 heavy (non-hydrogen) atoms. The summed E-state index contributed by atoms with van der Waals surface area (Å²) >= 11 is 0. The maximum atomic E-state index is 11.8. The third kappa shape index (κ3) is 2.00. The Morgan fingerprint density at radius 1 is 1.54 bits per heavy atom. The largest absolute Gasteiger partial charge is 0.378 e. The van der Waals surface area contributed by atoms with Gasteiger partial charge < -0.3 is 15.0 Å². The first kappa shape index (κ1) is 8.97. The predicted molar refractivity (Wildman–Crippen MR) is 48.4 cm³/mol. The molecule has 1 atom stereocenters. The summed E-state index contributed by atoms with van der Waals surface area (Å²) in [5.74, 6) is 0.183. The topological polar surface area (TPSA) is 41.6 Å². The predicted octanol–water partition coefficient (Wildman–Crippen LogP) is -0.404. The zero-order chi connectivity index (χ0) is 9.26. The molecule has 1 unspecified atom stereocenters. The smallest absolute Gasteiger partial charge is 0.242 e. The molecule has 0 aromatic heterocycles. The molecule has 1 amide bonds. The van der Waals surface area contributed by atoms with Gasteiger partial charge in [0.2, 0.25) is 5.91 Å². The lowest BCUT2D eigenvalue weighted by atomic mass is 10.2. The van der Waals surface area contributed by atoms with Gasteiger partial charge in [-0.2, -0.15) is 0 Å². The van der Waals surface area contributed by atoms with Gasteiger partial charge in [0.25, 0.3) is 0 Å². The van der Waals surface area contributed by atoms with Crippen molar-refractivity contribution in [3.05, 3.63) is 0 Å². The number of carbonyl (C=O) groups excluding carboxylic acids is 1. The molecule has 1 saturated carbocycles. The molecule has 4 nitrogen and oxygen atoms in total. The van der Waals surface area contributed by atoms with Crippen LogP contribution in [0.25, 0.3) is 0 Å². The minimum Gasteiger partial charge on any atom is -0.378 e. The summed E-state index contributed by atoms with van der Waals surface area (Å²) in [6.07, 6.45) is 2.33. The summed E-state index contributed by atoms with van der Waals surface area (Å²) in [5.41, 5.74) is 0. The van der Waals surface area contributed by atoms with E-state index in [-0.39, 0.29) is 11.9 Å². The van der Waals surface area contributed by atoms with Crippen molar-refractivity contribution >= 4 is 5.91 Å². The van der Waals surface area contributed by atoms with Gasteiger partial charge in [0.1, 0.15) is 6.04 Å². The van der Waals surface area contributed by atoms with Crippen LogP contribution in [0.2, 0.25) is 0 Å². The number of rotatable bonds is 2. The zero-order valence-electron chi connectivity index (χ0n) is 7.95. The SMILES string of the molecule is CN(C(=O)C1COCCN1)C1CC1. The Kier molecular flexibility index (Phi) is 2.51. The third-order valence-electron chi connectivity index (χ3n) is 2.66. The first-order valence-corrected chi connectivity index (χ1v) is 4.87. The fourth-order valence-corrected chi connectivity index (χ4v) is 1.61. The Bertz CT molecular complexity index is 198. The number of nitrogens with one attached hydrogen (secondary N) is 1. The molecule has 2 aliphatic rings. The molecular weight excluding hydrogens is 168 g/mol. The molecule has 2 fully saturated rings. The van der Waals surface area contributed by atoms with Crippen LogP contribution in [-0.2, 0) is 9.53 Å². The highest BCUT2D eigenvalue weighted by molar-refractivity contribution is 5.82. The van der Waals surface area contributed by atoms with E-state index in [2.05, 4.69) is 5.32 Å². The van der Waals surface area contributed by atoms with Crippen molar-refractivity contribution in [2.45, 2.75) is 24.9 Å². The summed E-state index contributed by atoms with van der Waals surface area (Å²) in [4.78, 5) is 13.6. The molecule has 4 heteroatoms. The number of amides is 1. The highest BCUT2D eigenvalue weighted by atomic mass is 16.5. The van der Waals surface area contributed by atoms with E-state index in [4.69, 9.17) is 4.74 Å². The molecule has 0 radical (unpaired) electrons. The lowest BCUT2D eigenvalue weighted by Gasteiger charge is -2.27. The van der Waals surface area contributed by atoms with Gasteiger partial charge >= 0.3 is 0 Å². The summed E-state index contributed by atoms with van der Waals surface area (Å²) in [6.45, 7) is 2.03. The molecule has 74 valence electrons. The van der Waals surface area contributed by atoms with Gasteiger partial charge in [0.05, 0.1) is 13.2 Å². The Morgan fingerprint density at radius 2 is 2.31 bits per heavy atom. The number of morpholine rings is 1. The van der Waals surface area contributed by atoms with Gasteiger partial charge in [-0.25, -0.2) is 0 Å². The molecule has 0 spiro atoms.